The van der Waals surface area contributed by atoms with Gasteiger partial charge in [-0.05, 0) is 36.4 Å². The first-order valence-corrected chi connectivity index (χ1v) is 5.68. The summed E-state index contributed by atoms with van der Waals surface area (Å²) < 4.78 is 18.0. The molecule has 0 bridgehead atoms. The minimum atomic E-state index is -0.355. The van der Waals surface area contributed by atoms with Gasteiger partial charge >= 0.3 is 0 Å². The molecule has 0 fully saturated rings. The fourth-order valence-corrected chi connectivity index (χ4v) is 1.49. The summed E-state index contributed by atoms with van der Waals surface area (Å²) in [7, 11) is 0. The molecular formula is C14H13FN2O2. The number of anilines is 2. The number of nitrogens with one attached hydrogen (secondary N) is 1. The van der Waals surface area contributed by atoms with E-state index >= 15 is 0 Å². The van der Waals surface area contributed by atoms with Gasteiger partial charge in [-0.1, -0.05) is 12.1 Å². The van der Waals surface area contributed by atoms with Crippen molar-refractivity contribution in [2.45, 2.75) is 0 Å². The largest absolute Gasteiger partial charge is 0.482 e. The second kappa shape index (κ2) is 5.86. The van der Waals surface area contributed by atoms with E-state index in [2.05, 4.69) is 5.32 Å². The third-order valence-electron chi connectivity index (χ3n) is 2.41. The zero-order valence-electron chi connectivity index (χ0n) is 10.1. The molecule has 98 valence electrons. The highest BCUT2D eigenvalue weighted by molar-refractivity contribution is 5.91. The first kappa shape index (κ1) is 12.9. The van der Waals surface area contributed by atoms with Crippen LogP contribution in [0, 0.1) is 5.82 Å². The molecule has 2 rings (SSSR count). The Kier molecular flexibility index (Phi) is 3.97. The number of rotatable bonds is 4. The van der Waals surface area contributed by atoms with Crippen molar-refractivity contribution in [3.05, 3.63) is 54.3 Å². The maximum absolute atomic E-state index is 12.7. The van der Waals surface area contributed by atoms with Crippen LogP contribution in [-0.2, 0) is 4.79 Å². The predicted molar refractivity (Wildman–Crippen MR) is 71.4 cm³/mol. The van der Waals surface area contributed by atoms with Gasteiger partial charge in [-0.25, -0.2) is 4.39 Å². The molecule has 0 saturated heterocycles. The van der Waals surface area contributed by atoms with Crippen molar-refractivity contribution in [2.24, 2.45) is 0 Å². The van der Waals surface area contributed by atoms with E-state index in [4.69, 9.17) is 10.5 Å². The van der Waals surface area contributed by atoms with Crippen molar-refractivity contribution < 1.29 is 13.9 Å². The lowest BCUT2D eigenvalue weighted by atomic mass is 10.3. The third-order valence-corrected chi connectivity index (χ3v) is 2.41. The number of ether oxygens (including phenoxy) is 1. The average Bonchev–Trinajstić information content (AvgIpc) is 2.40. The van der Waals surface area contributed by atoms with Crippen molar-refractivity contribution in [3.8, 4) is 5.75 Å². The van der Waals surface area contributed by atoms with Crippen LogP contribution in [0.3, 0.4) is 0 Å². The van der Waals surface area contributed by atoms with Crippen molar-refractivity contribution in [2.75, 3.05) is 17.7 Å². The highest BCUT2D eigenvalue weighted by atomic mass is 19.1. The summed E-state index contributed by atoms with van der Waals surface area (Å²) in [4.78, 5) is 11.6. The molecule has 4 nitrogen and oxygen atoms in total. The molecule has 3 N–H and O–H groups in total. The van der Waals surface area contributed by atoms with Gasteiger partial charge in [0.15, 0.2) is 6.61 Å². The molecule has 0 aliphatic carbocycles. The van der Waals surface area contributed by atoms with Gasteiger partial charge in [-0.15, -0.1) is 0 Å². The Morgan fingerprint density at radius 3 is 2.53 bits per heavy atom. The summed E-state index contributed by atoms with van der Waals surface area (Å²) in [5.74, 6) is -0.238. The molecule has 0 heterocycles. The van der Waals surface area contributed by atoms with E-state index in [1.165, 1.54) is 24.3 Å². The van der Waals surface area contributed by atoms with E-state index in [0.29, 0.717) is 17.1 Å². The van der Waals surface area contributed by atoms with Crippen molar-refractivity contribution in [3.63, 3.8) is 0 Å². The van der Waals surface area contributed by atoms with Crippen molar-refractivity contribution in [1.82, 2.24) is 0 Å². The van der Waals surface area contributed by atoms with Gasteiger partial charge in [-0.3, -0.25) is 4.79 Å². The van der Waals surface area contributed by atoms with Crippen molar-refractivity contribution >= 4 is 17.3 Å². The van der Waals surface area contributed by atoms with Crippen LogP contribution in [0.1, 0.15) is 0 Å². The number of hydrogen-bond donors (Lipinski definition) is 2. The van der Waals surface area contributed by atoms with Gasteiger partial charge in [0.2, 0.25) is 0 Å². The monoisotopic (exact) mass is 260 g/mol. The fraction of sp³-hybridized carbons (Fsp3) is 0.0714. The number of nitrogen functional groups attached to an aromatic ring is 1. The topological polar surface area (TPSA) is 64.3 Å². The molecule has 19 heavy (non-hydrogen) atoms. The summed E-state index contributed by atoms with van der Waals surface area (Å²) in [5.41, 5.74) is 6.66. The Bertz CT molecular complexity index is 570. The number of nitrogens with two attached hydrogens (primary N) is 1. The second-order valence-electron chi connectivity index (χ2n) is 3.88. The standard InChI is InChI=1S/C14H13FN2O2/c15-10-5-7-11(8-6-10)17-14(18)9-19-13-4-2-1-3-12(13)16/h1-8H,9,16H2,(H,17,18). The van der Waals surface area contributed by atoms with E-state index in [0.717, 1.165) is 0 Å². The van der Waals surface area contributed by atoms with E-state index in [1.54, 1.807) is 24.3 Å². The van der Waals surface area contributed by atoms with Gasteiger partial charge in [0.1, 0.15) is 11.6 Å². The van der Waals surface area contributed by atoms with Gasteiger partial charge in [0.25, 0.3) is 5.91 Å². The zero-order chi connectivity index (χ0) is 13.7. The summed E-state index contributed by atoms with van der Waals surface area (Å²) in [6, 6.07) is 12.4. The summed E-state index contributed by atoms with van der Waals surface area (Å²) >= 11 is 0. The minimum absolute atomic E-state index is 0.161. The van der Waals surface area contributed by atoms with E-state index in [1.807, 2.05) is 0 Å². The van der Waals surface area contributed by atoms with Gasteiger partial charge < -0.3 is 15.8 Å². The van der Waals surface area contributed by atoms with E-state index in [-0.39, 0.29) is 18.3 Å². The molecule has 0 unspecified atom stereocenters. The number of carbonyl (C=O) groups is 1. The van der Waals surface area contributed by atoms with Gasteiger partial charge in [0, 0.05) is 5.69 Å². The first-order valence-electron chi connectivity index (χ1n) is 5.68. The molecule has 1 amide bonds. The lowest BCUT2D eigenvalue weighted by molar-refractivity contribution is -0.118. The van der Waals surface area contributed by atoms with Crippen LogP contribution in [-0.4, -0.2) is 12.5 Å². The van der Waals surface area contributed by atoms with E-state index in [9.17, 15) is 9.18 Å². The molecule has 2 aromatic rings. The lowest BCUT2D eigenvalue weighted by Crippen LogP contribution is -2.20. The van der Waals surface area contributed by atoms with Crippen LogP contribution >= 0.6 is 0 Å². The predicted octanol–water partition coefficient (Wildman–Crippen LogP) is 2.43. The van der Waals surface area contributed by atoms with Gasteiger partial charge in [-0.2, -0.15) is 0 Å². The Morgan fingerprint density at radius 2 is 1.84 bits per heavy atom. The SMILES string of the molecule is Nc1ccccc1OCC(=O)Nc1ccc(F)cc1. The number of halogens is 1. The third kappa shape index (κ3) is 3.70. The quantitative estimate of drug-likeness (QED) is 0.830. The molecule has 0 spiro atoms. The first-order chi connectivity index (χ1) is 9.15. The summed E-state index contributed by atoms with van der Waals surface area (Å²) in [6.07, 6.45) is 0. The molecule has 0 atom stereocenters. The smallest absolute Gasteiger partial charge is 0.262 e. The Balaban J connectivity index is 1.88. The highest BCUT2D eigenvalue weighted by Crippen LogP contribution is 2.19. The van der Waals surface area contributed by atoms with Crippen LogP contribution in [0.15, 0.2) is 48.5 Å². The normalized spacial score (nSPS) is 9.95. The zero-order valence-corrected chi connectivity index (χ0v) is 10.1. The molecule has 0 radical (unpaired) electrons. The molecule has 5 heteroatoms. The summed E-state index contributed by atoms with van der Waals surface area (Å²) in [6.45, 7) is -0.161. The molecule has 0 aromatic heterocycles. The van der Waals surface area contributed by atoms with Gasteiger partial charge in [0.05, 0.1) is 5.69 Å². The Labute approximate surface area is 110 Å². The number of benzene rings is 2. The summed E-state index contributed by atoms with van der Waals surface area (Å²) in [5, 5.41) is 2.59. The second-order valence-corrected chi connectivity index (χ2v) is 3.88. The molecule has 0 aliphatic rings. The van der Waals surface area contributed by atoms with Crippen LogP contribution < -0.4 is 15.8 Å². The number of hydrogen-bond acceptors (Lipinski definition) is 3. The average molecular weight is 260 g/mol. The van der Waals surface area contributed by atoms with Crippen LogP contribution in [0.25, 0.3) is 0 Å². The molecular weight excluding hydrogens is 247 g/mol. The lowest BCUT2D eigenvalue weighted by Gasteiger charge is -2.09. The number of para-hydroxylation sites is 2. The van der Waals surface area contributed by atoms with Crippen LogP contribution in [0.2, 0.25) is 0 Å². The maximum atomic E-state index is 12.7. The molecule has 0 saturated carbocycles. The number of amides is 1. The number of carbonyl (C=O) groups excluding carboxylic acids is 1. The minimum Gasteiger partial charge on any atom is -0.482 e. The van der Waals surface area contributed by atoms with E-state index < -0.39 is 0 Å². The Hall–Kier alpha value is -2.56. The molecule has 0 aliphatic heterocycles. The van der Waals surface area contributed by atoms with Crippen LogP contribution in [0.5, 0.6) is 5.75 Å². The maximum Gasteiger partial charge on any atom is 0.262 e. The fourth-order valence-electron chi connectivity index (χ4n) is 1.49. The Morgan fingerprint density at radius 1 is 1.16 bits per heavy atom. The van der Waals surface area contributed by atoms with Crippen LogP contribution in [0.4, 0.5) is 15.8 Å². The molecule has 2 aromatic carbocycles. The van der Waals surface area contributed by atoms with Crippen molar-refractivity contribution in [1.29, 1.82) is 0 Å². The highest BCUT2D eigenvalue weighted by Gasteiger charge is 2.05.